The second-order valence-electron chi connectivity index (χ2n) is 1.87. The third-order valence-electron chi connectivity index (χ3n) is 1.19. The van der Waals surface area contributed by atoms with Crippen LogP contribution in [-0.4, -0.2) is 0 Å². The Hall–Kier alpha value is -0.100. The van der Waals surface area contributed by atoms with Gasteiger partial charge in [-0.2, -0.15) is 0 Å². The highest BCUT2D eigenvalue weighted by Crippen LogP contribution is 2.23. The van der Waals surface area contributed by atoms with Crippen LogP contribution in [0.2, 0.25) is 0 Å². The Balaban J connectivity index is 0. The Morgan fingerprint density at radius 3 is 2.15 bits per heavy atom. The van der Waals surface area contributed by atoms with Crippen LogP contribution in [0.25, 0.3) is 0 Å². The van der Waals surface area contributed by atoms with E-state index < -0.39 is 11.6 Å². The van der Waals surface area contributed by atoms with Gasteiger partial charge in [0, 0.05) is 0 Å². The molecule has 0 heterocycles. The van der Waals surface area contributed by atoms with Crippen molar-refractivity contribution in [3.05, 3.63) is 28.2 Å². The van der Waals surface area contributed by atoms with Crippen molar-refractivity contribution in [3.63, 3.8) is 0 Å². The van der Waals surface area contributed by atoms with E-state index >= 15 is 0 Å². The molecule has 2 nitrogen and oxygen atoms in total. The van der Waals surface area contributed by atoms with Crippen molar-refractivity contribution >= 4 is 46.4 Å². The summed E-state index contributed by atoms with van der Waals surface area (Å²) < 4.78 is 25.5. The third kappa shape index (κ3) is 3.27. The van der Waals surface area contributed by atoms with Gasteiger partial charge in [-0.1, -0.05) is 0 Å². The SMILES string of the molecule is Cl.Cl.NNc1ccc(Br)c(F)c1F. The summed E-state index contributed by atoms with van der Waals surface area (Å²) in [5, 5.41) is 0. The van der Waals surface area contributed by atoms with Crippen LogP contribution in [0.1, 0.15) is 0 Å². The summed E-state index contributed by atoms with van der Waals surface area (Å²) in [7, 11) is 0. The molecular formula is C6H7BrCl2F2N2. The number of anilines is 1. The van der Waals surface area contributed by atoms with E-state index in [1.165, 1.54) is 12.1 Å². The molecule has 0 atom stereocenters. The van der Waals surface area contributed by atoms with Crippen molar-refractivity contribution in [2.45, 2.75) is 0 Å². The maximum atomic E-state index is 12.7. The van der Waals surface area contributed by atoms with Crippen molar-refractivity contribution in [3.8, 4) is 0 Å². The molecule has 76 valence electrons. The Kier molecular flexibility index (Phi) is 7.53. The molecule has 0 fully saturated rings. The fourth-order valence-electron chi connectivity index (χ4n) is 0.637. The van der Waals surface area contributed by atoms with Crippen molar-refractivity contribution < 1.29 is 8.78 Å². The largest absolute Gasteiger partial charge is 0.321 e. The molecule has 0 radical (unpaired) electrons. The standard InChI is InChI=1S/C6H5BrF2N2.2ClH/c7-3-1-2-4(11-10)6(9)5(3)8;;/h1-2,11H,10H2;2*1H. The lowest BCUT2D eigenvalue weighted by atomic mass is 10.3. The van der Waals surface area contributed by atoms with Gasteiger partial charge in [-0.05, 0) is 28.1 Å². The highest BCUT2D eigenvalue weighted by atomic mass is 79.9. The Morgan fingerprint density at radius 2 is 1.69 bits per heavy atom. The molecule has 0 aliphatic rings. The topological polar surface area (TPSA) is 38.0 Å². The zero-order chi connectivity index (χ0) is 8.43. The molecule has 7 heteroatoms. The van der Waals surface area contributed by atoms with E-state index in [0.717, 1.165) is 0 Å². The maximum absolute atomic E-state index is 12.7. The number of hydrogen-bond donors (Lipinski definition) is 2. The van der Waals surface area contributed by atoms with Gasteiger partial charge in [-0.3, -0.25) is 5.84 Å². The molecule has 0 saturated carbocycles. The molecule has 0 aromatic heterocycles. The third-order valence-corrected chi connectivity index (χ3v) is 1.80. The molecule has 0 aliphatic carbocycles. The van der Waals surface area contributed by atoms with Gasteiger partial charge in [0.15, 0.2) is 11.6 Å². The van der Waals surface area contributed by atoms with E-state index in [1.54, 1.807) is 0 Å². The lowest BCUT2D eigenvalue weighted by Gasteiger charge is -2.02. The second kappa shape index (κ2) is 6.37. The molecule has 1 aromatic carbocycles. The lowest BCUT2D eigenvalue weighted by molar-refractivity contribution is 0.506. The Morgan fingerprint density at radius 1 is 1.15 bits per heavy atom. The van der Waals surface area contributed by atoms with Gasteiger partial charge in [0.1, 0.15) is 0 Å². The van der Waals surface area contributed by atoms with E-state index in [-0.39, 0.29) is 35.0 Å². The molecule has 1 rings (SSSR count). The molecule has 0 amide bonds. The van der Waals surface area contributed by atoms with E-state index in [0.29, 0.717) is 0 Å². The van der Waals surface area contributed by atoms with Crippen molar-refractivity contribution in [2.24, 2.45) is 5.84 Å². The predicted molar refractivity (Wildman–Crippen MR) is 56.4 cm³/mol. The monoisotopic (exact) mass is 294 g/mol. The number of rotatable bonds is 1. The minimum absolute atomic E-state index is 0. The second-order valence-corrected chi connectivity index (χ2v) is 2.72. The zero-order valence-electron chi connectivity index (χ0n) is 6.18. The number of nitrogen functional groups attached to an aromatic ring is 1. The molecule has 0 bridgehead atoms. The molecule has 1 aromatic rings. The summed E-state index contributed by atoms with van der Waals surface area (Å²) in [6.45, 7) is 0. The van der Waals surface area contributed by atoms with Gasteiger partial charge in [0.25, 0.3) is 0 Å². The molecule has 3 N–H and O–H groups in total. The first-order valence-electron chi connectivity index (χ1n) is 2.77. The Labute approximate surface area is 94.8 Å². The summed E-state index contributed by atoms with van der Waals surface area (Å²) in [5.74, 6) is 2.97. The van der Waals surface area contributed by atoms with Crippen LogP contribution >= 0.6 is 40.7 Å². The number of nitrogens with two attached hydrogens (primary N) is 1. The van der Waals surface area contributed by atoms with Crippen molar-refractivity contribution in [2.75, 3.05) is 5.43 Å². The maximum Gasteiger partial charge on any atom is 0.184 e. The van der Waals surface area contributed by atoms with E-state index in [2.05, 4.69) is 15.9 Å². The number of halogens is 5. The number of nitrogens with one attached hydrogen (secondary N) is 1. The first-order valence-corrected chi connectivity index (χ1v) is 3.56. The molecule has 0 unspecified atom stereocenters. The van der Waals surface area contributed by atoms with Gasteiger partial charge < -0.3 is 5.43 Å². The van der Waals surface area contributed by atoms with Crippen LogP contribution in [0.4, 0.5) is 14.5 Å². The minimum atomic E-state index is -0.984. The molecule has 0 saturated heterocycles. The van der Waals surface area contributed by atoms with E-state index in [9.17, 15) is 8.78 Å². The first-order chi connectivity index (χ1) is 5.16. The first kappa shape index (κ1) is 15.4. The normalized spacial score (nSPS) is 8.31. The fraction of sp³-hybridized carbons (Fsp3) is 0. The van der Waals surface area contributed by atoms with Gasteiger partial charge in [0.05, 0.1) is 10.2 Å². The molecule has 0 spiro atoms. The minimum Gasteiger partial charge on any atom is -0.321 e. The average molecular weight is 296 g/mol. The van der Waals surface area contributed by atoms with Crippen LogP contribution < -0.4 is 11.3 Å². The number of benzene rings is 1. The summed E-state index contributed by atoms with van der Waals surface area (Å²) in [4.78, 5) is 0. The fourth-order valence-corrected chi connectivity index (χ4v) is 0.944. The van der Waals surface area contributed by atoms with E-state index in [1.807, 2.05) is 5.43 Å². The smallest absolute Gasteiger partial charge is 0.184 e. The zero-order valence-corrected chi connectivity index (χ0v) is 9.40. The van der Waals surface area contributed by atoms with Gasteiger partial charge >= 0.3 is 0 Å². The summed E-state index contributed by atoms with van der Waals surface area (Å²) >= 11 is 2.83. The van der Waals surface area contributed by atoms with Crippen LogP contribution in [0.15, 0.2) is 16.6 Å². The van der Waals surface area contributed by atoms with Crippen molar-refractivity contribution in [1.29, 1.82) is 0 Å². The molecular weight excluding hydrogens is 289 g/mol. The van der Waals surface area contributed by atoms with Gasteiger partial charge in [-0.25, -0.2) is 8.78 Å². The van der Waals surface area contributed by atoms with Crippen molar-refractivity contribution in [1.82, 2.24) is 0 Å². The van der Waals surface area contributed by atoms with Crippen LogP contribution in [-0.2, 0) is 0 Å². The summed E-state index contributed by atoms with van der Waals surface area (Å²) in [6.07, 6.45) is 0. The van der Waals surface area contributed by atoms with Crippen LogP contribution in [0.3, 0.4) is 0 Å². The highest BCUT2D eigenvalue weighted by Gasteiger charge is 2.09. The predicted octanol–water partition coefficient (Wildman–Crippen LogP) is 2.86. The highest BCUT2D eigenvalue weighted by molar-refractivity contribution is 9.10. The number of hydrogen-bond acceptors (Lipinski definition) is 2. The number of hydrazine groups is 1. The van der Waals surface area contributed by atoms with E-state index in [4.69, 9.17) is 5.84 Å². The van der Waals surface area contributed by atoms with Gasteiger partial charge in [-0.15, -0.1) is 24.8 Å². The summed E-state index contributed by atoms with van der Waals surface area (Å²) in [6, 6.07) is 2.70. The summed E-state index contributed by atoms with van der Waals surface area (Å²) in [5.41, 5.74) is 1.96. The average Bonchev–Trinajstić information content (AvgIpc) is 2.01. The van der Waals surface area contributed by atoms with Crippen LogP contribution in [0.5, 0.6) is 0 Å². The van der Waals surface area contributed by atoms with Gasteiger partial charge in [0.2, 0.25) is 0 Å². The molecule has 0 aliphatic heterocycles. The quantitative estimate of drug-likeness (QED) is 0.475. The van der Waals surface area contributed by atoms with Crippen LogP contribution in [0, 0.1) is 11.6 Å². The Bertz CT molecular complexity index is 286. The lowest BCUT2D eigenvalue weighted by Crippen LogP contribution is -2.09. The molecule has 13 heavy (non-hydrogen) atoms.